The van der Waals surface area contributed by atoms with Gasteiger partial charge in [-0.15, -0.1) is 0 Å². The van der Waals surface area contributed by atoms with Crippen LogP contribution in [-0.2, 0) is 14.3 Å². The monoisotopic (exact) mass is 331 g/mol. The molecular formula is C19H25NO4. The molecule has 1 N–H and O–H groups in total. The van der Waals surface area contributed by atoms with Crippen molar-refractivity contribution in [1.82, 2.24) is 4.90 Å². The predicted molar refractivity (Wildman–Crippen MR) is 89.5 cm³/mol. The van der Waals surface area contributed by atoms with Crippen LogP contribution in [0.15, 0.2) is 30.3 Å². The summed E-state index contributed by atoms with van der Waals surface area (Å²) in [6.45, 7) is 2.06. The number of ether oxygens (including phenoxy) is 1. The van der Waals surface area contributed by atoms with Crippen molar-refractivity contribution in [2.75, 3.05) is 6.61 Å². The Morgan fingerprint density at radius 3 is 2.50 bits per heavy atom. The first-order chi connectivity index (χ1) is 11.6. The molecule has 1 aliphatic heterocycles. The topological polar surface area (TPSA) is 66.8 Å². The van der Waals surface area contributed by atoms with Crippen LogP contribution in [0.2, 0.25) is 0 Å². The summed E-state index contributed by atoms with van der Waals surface area (Å²) in [4.78, 5) is 26.6. The van der Waals surface area contributed by atoms with Gasteiger partial charge in [-0.3, -0.25) is 9.69 Å². The number of nitrogens with zero attached hydrogens (tertiary/aromatic N) is 1. The van der Waals surface area contributed by atoms with Gasteiger partial charge in [-0.1, -0.05) is 43.7 Å². The van der Waals surface area contributed by atoms with Crippen LogP contribution in [0.25, 0.3) is 0 Å². The standard InChI is InChI=1S/C19H25NO4/c1-2-15(14-9-5-3-6-10-14)17(21)20-16(18(22)23)13-24-19(20)11-7-4-8-12-19/h3,5-6,9-10,15-16H,2,4,7-8,11-13H2,1H3,(H,22,23)/t15-,16+/m1/s1. The lowest BCUT2D eigenvalue weighted by Crippen LogP contribution is -2.55. The fourth-order valence-corrected chi connectivity index (χ4v) is 4.09. The van der Waals surface area contributed by atoms with Crippen LogP contribution in [0.5, 0.6) is 0 Å². The molecule has 2 fully saturated rings. The van der Waals surface area contributed by atoms with Gasteiger partial charge in [0.15, 0.2) is 6.04 Å². The second kappa shape index (κ2) is 6.93. The Kier molecular flexibility index (Phi) is 4.90. The molecule has 5 heteroatoms. The minimum Gasteiger partial charge on any atom is -0.480 e. The minimum atomic E-state index is -0.978. The van der Waals surface area contributed by atoms with Crippen molar-refractivity contribution in [2.45, 2.75) is 63.1 Å². The van der Waals surface area contributed by atoms with Crippen LogP contribution in [0.1, 0.15) is 56.9 Å². The lowest BCUT2D eigenvalue weighted by Gasteiger charge is -2.42. The van der Waals surface area contributed by atoms with E-state index in [0.29, 0.717) is 6.42 Å². The smallest absolute Gasteiger partial charge is 0.328 e. The average molecular weight is 331 g/mol. The summed E-state index contributed by atoms with van der Waals surface area (Å²) in [6.07, 6.45) is 5.15. The number of aliphatic carboxylic acids is 1. The molecule has 1 spiro atoms. The number of rotatable bonds is 4. The van der Waals surface area contributed by atoms with E-state index in [4.69, 9.17) is 4.74 Å². The molecule has 24 heavy (non-hydrogen) atoms. The summed E-state index contributed by atoms with van der Waals surface area (Å²) in [5.74, 6) is -1.42. The normalized spacial score (nSPS) is 24.0. The number of carbonyl (C=O) groups excluding carboxylic acids is 1. The SMILES string of the molecule is CC[C@@H](C(=O)N1[C@H](C(=O)O)COC12CCCCC2)c1ccccc1. The summed E-state index contributed by atoms with van der Waals surface area (Å²) in [5, 5.41) is 9.60. The van der Waals surface area contributed by atoms with Crippen LogP contribution in [0.3, 0.4) is 0 Å². The molecule has 0 unspecified atom stereocenters. The quantitative estimate of drug-likeness (QED) is 0.920. The van der Waals surface area contributed by atoms with E-state index in [2.05, 4.69) is 0 Å². The molecule has 130 valence electrons. The van der Waals surface area contributed by atoms with Gasteiger partial charge in [-0.05, 0) is 37.7 Å². The van der Waals surface area contributed by atoms with Crippen LogP contribution < -0.4 is 0 Å². The third-order valence-electron chi connectivity index (χ3n) is 5.33. The Balaban J connectivity index is 1.94. The van der Waals surface area contributed by atoms with Crippen molar-refractivity contribution in [1.29, 1.82) is 0 Å². The number of carboxylic acids is 1. The summed E-state index contributed by atoms with van der Waals surface area (Å²) in [6, 6.07) is 8.74. The van der Waals surface area contributed by atoms with Crippen LogP contribution in [0, 0.1) is 0 Å². The predicted octanol–water partition coefficient (Wildman–Crippen LogP) is 3.15. The molecule has 0 bridgehead atoms. The molecular weight excluding hydrogens is 306 g/mol. The lowest BCUT2D eigenvalue weighted by molar-refractivity contribution is -0.164. The largest absolute Gasteiger partial charge is 0.480 e. The maximum absolute atomic E-state index is 13.3. The molecule has 1 aromatic carbocycles. The Morgan fingerprint density at radius 2 is 1.92 bits per heavy atom. The van der Waals surface area contributed by atoms with Crippen molar-refractivity contribution >= 4 is 11.9 Å². The molecule has 1 saturated carbocycles. The highest BCUT2D eigenvalue weighted by Gasteiger charge is 2.53. The van der Waals surface area contributed by atoms with E-state index in [1.807, 2.05) is 37.3 Å². The highest BCUT2D eigenvalue weighted by atomic mass is 16.5. The van der Waals surface area contributed by atoms with E-state index in [-0.39, 0.29) is 18.4 Å². The molecule has 1 amide bonds. The van der Waals surface area contributed by atoms with Gasteiger partial charge in [-0.25, -0.2) is 4.79 Å². The first-order valence-corrected chi connectivity index (χ1v) is 8.84. The number of benzene rings is 1. The van der Waals surface area contributed by atoms with Gasteiger partial charge >= 0.3 is 5.97 Å². The maximum atomic E-state index is 13.3. The van der Waals surface area contributed by atoms with E-state index >= 15 is 0 Å². The van der Waals surface area contributed by atoms with Crippen molar-refractivity contribution in [3.05, 3.63) is 35.9 Å². The van der Waals surface area contributed by atoms with Crippen LogP contribution in [-0.4, -0.2) is 40.3 Å². The van der Waals surface area contributed by atoms with Crippen LogP contribution >= 0.6 is 0 Å². The van der Waals surface area contributed by atoms with E-state index in [1.165, 1.54) is 0 Å². The van der Waals surface area contributed by atoms with E-state index in [1.54, 1.807) is 4.90 Å². The molecule has 2 aliphatic rings. The molecule has 2 atom stereocenters. The van der Waals surface area contributed by atoms with E-state index in [9.17, 15) is 14.7 Å². The van der Waals surface area contributed by atoms with Gasteiger partial charge in [0.1, 0.15) is 5.72 Å². The van der Waals surface area contributed by atoms with Gasteiger partial charge in [0, 0.05) is 0 Å². The summed E-state index contributed by atoms with van der Waals surface area (Å²) in [5.41, 5.74) is 0.215. The Morgan fingerprint density at radius 1 is 1.25 bits per heavy atom. The molecule has 0 radical (unpaired) electrons. The van der Waals surface area contributed by atoms with Crippen molar-refractivity contribution < 1.29 is 19.4 Å². The zero-order valence-electron chi connectivity index (χ0n) is 14.1. The minimum absolute atomic E-state index is 0.0896. The molecule has 3 rings (SSSR count). The first-order valence-electron chi connectivity index (χ1n) is 8.84. The number of hydrogen-bond acceptors (Lipinski definition) is 3. The first kappa shape index (κ1) is 17.0. The fourth-order valence-electron chi connectivity index (χ4n) is 4.09. The summed E-state index contributed by atoms with van der Waals surface area (Å²) in [7, 11) is 0. The molecule has 0 aromatic heterocycles. The molecule has 1 aromatic rings. The highest BCUT2D eigenvalue weighted by molar-refractivity contribution is 5.89. The number of amides is 1. The Hall–Kier alpha value is -1.88. The van der Waals surface area contributed by atoms with E-state index < -0.39 is 17.7 Å². The van der Waals surface area contributed by atoms with E-state index in [0.717, 1.165) is 37.7 Å². The maximum Gasteiger partial charge on any atom is 0.328 e. The summed E-state index contributed by atoms with van der Waals surface area (Å²) < 4.78 is 5.94. The molecule has 5 nitrogen and oxygen atoms in total. The van der Waals surface area contributed by atoms with Gasteiger partial charge in [-0.2, -0.15) is 0 Å². The van der Waals surface area contributed by atoms with Gasteiger partial charge in [0.05, 0.1) is 12.5 Å². The second-order valence-corrected chi connectivity index (χ2v) is 6.75. The fraction of sp³-hybridized carbons (Fsp3) is 0.579. The zero-order valence-corrected chi connectivity index (χ0v) is 14.1. The summed E-state index contributed by atoms with van der Waals surface area (Å²) >= 11 is 0. The van der Waals surface area contributed by atoms with Gasteiger partial charge in [0.25, 0.3) is 0 Å². The Labute approximate surface area is 142 Å². The van der Waals surface area contributed by atoms with Crippen molar-refractivity contribution in [3.8, 4) is 0 Å². The third-order valence-corrected chi connectivity index (χ3v) is 5.33. The number of carbonyl (C=O) groups is 2. The number of hydrogen-bond donors (Lipinski definition) is 1. The average Bonchev–Trinajstić information content (AvgIpc) is 2.96. The lowest BCUT2D eigenvalue weighted by atomic mass is 9.87. The molecule has 1 aliphatic carbocycles. The Bertz CT molecular complexity index is 595. The van der Waals surface area contributed by atoms with Gasteiger partial charge < -0.3 is 9.84 Å². The van der Waals surface area contributed by atoms with Crippen LogP contribution in [0.4, 0.5) is 0 Å². The molecule has 1 heterocycles. The second-order valence-electron chi connectivity index (χ2n) is 6.75. The number of carboxylic acid groups (broad SMARTS) is 1. The third kappa shape index (κ3) is 2.93. The van der Waals surface area contributed by atoms with Crippen molar-refractivity contribution in [3.63, 3.8) is 0 Å². The highest BCUT2D eigenvalue weighted by Crippen LogP contribution is 2.42. The van der Waals surface area contributed by atoms with Gasteiger partial charge in [0.2, 0.25) is 5.91 Å². The molecule has 1 saturated heterocycles. The zero-order chi connectivity index (χ0) is 17.2. The van der Waals surface area contributed by atoms with Crippen molar-refractivity contribution in [2.24, 2.45) is 0 Å².